The maximum Gasteiger partial charge on any atom is 0.115 e. The Bertz CT molecular complexity index is 641. The van der Waals surface area contributed by atoms with E-state index >= 15 is 0 Å². The van der Waals surface area contributed by atoms with Gasteiger partial charge in [0.05, 0.1) is 5.69 Å². The second-order valence-corrected chi connectivity index (χ2v) is 5.51. The van der Waals surface area contributed by atoms with Gasteiger partial charge in [0.1, 0.15) is 5.75 Å². The summed E-state index contributed by atoms with van der Waals surface area (Å²) >= 11 is 0. The van der Waals surface area contributed by atoms with Crippen LogP contribution < -0.4 is 4.90 Å². The Balaban J connectivity index is 1.77. The largest absolute Gasteiger partial charge is 0.508 e. The maximum atomic E-state index is 9.26. The quantitative estimate of drug-likeness (QED) is 0.861. The second-order valence-electron chi connectivity index (χ2n) is 5.51. The molecule has 0 spiro atoms. The Hall–Kier alpha value is -2.29. The number of anilines is 1. The molecule has 2 aromatic carbocycles. The number of nitrogens with zero attached hydrogens (tertiary/aromatic N) is 2. The number of aromatic hydroxyl groups is 1. The molecule has 0 atom stereocenters. The first-order chi connectivity index (χ1) is 10.2. The predicted octanol–water partition coefficient (Wildman–Crippen LogP) is 4.05. The molecule has 0 aromatic heterocycles. The molecule has 0 bridgehead atoms. The van der Waals surface area contributed by atoms with Crippen LogP contribution >= 0.6 is 0 Å². The molecule has 1 aliphatic rings. The van der Waals surface area contributed by atoms with Gasteiger partial charge in [-0.1, -0.05) is 6.07 Å². The molecule has 3 nitrogen and oxygen atoms in total. The highest BCUT2D eigenvalue weighted by molar-refractivity contribution is 5.84. The molecule has 21 heavy (non-hydrogen) atoms. The van der Waals surface area contributed by atoms with Crippen LogP contribution in [0.3, 0.4) is 0 Å². The van der Waals surface area contributed by atoms with Gasteiger partial charge < -0.3 is 10.0 Å². The number of hydrogen-bond acceptors (Lipinski definition) is 3. The van der Waals surface area contributed by atoms with Crippen LogP contribution in [0.4, 0.5) is 11.4 Å². The van der Waals surface area contributed by atoms with E-state index in [1.54, 1.807) is 24.3 Å². The van der Waals surface area contributed by atoms with E-state index in [1.165, 1.54) is 37.2 Å². The molecule has 2 aromatic rings. The van der Waals surface area contributed by atoms with Gasteiger partial charge in [-0.2, -0.15) is 0 Å². The normalized spacial score (nSPS) is 15.0. The number of hydrogen-bond donors (Lipinski definition) is 1. The van der Waals surface area contributed by atoms with E-state index < -0.39 is 0 Å². The van der Waals surface area contributed by atoms with Crippen LogP contribution in [0, 0.1) is 6.92 Å². The minimum atomic E-state index is 0.264. The number of rotatable bonds is 3. The van der Waals surface area contributed by atoms with E-state index in [0.29, 0.717) is 0 Å². The summed E-state index contributed by atoms with van der Waals surface area (Å²) in [6.45, 7) is 4.46. The highest BCUT2D eigenvalue weighted by atomic mass is 16.3. The van der Waals surface area contributed by atoms with Crippen molar-refractivity contribution in [3.63, 3.8) is 0 Å². The number of benzene rings is 2. The molecular formula is C18H20N2O. The van der Waals surface area contributed by atoms with E-state index in [1.807, 2.05) is 6.21 Å². The fourth-order valence-corrected chi connectivity index (χ4v) is 2.66. The molecule has 0 unspecified atom stereocenters. The number of phenols is 1. The first-order valence-electron chi connectivity index (χ1n) is 7.41. The smallest absolute Gasteiger partial charge is 0.115 e. The lowest BCUT2D eigenvalue weighted by atomic mass is 10.1. The molecule has 0 radical (unpaired) electrons. The third-order valence-corrected chi connectivity index (χ3v) is 3.93. The molecule has 0 saturated carbocycles. The molecule has 3 rings (SSSR count). The van der Waals surface area contributed by atoms with E-state index in [0.717, 1.165) is 11.3 Å². The van der Waals surface area contributed by atoms with Gasteiger partial charge in [0, 0.05) is 25.0 Å². The minimum Gasteiger partial charge on any atom is -0.508 e. The van der Waals surface area contributed by atoms with Crippen molar-refractivity contribution in [2.75, 3.05) is 18.0 Å². The summed E-state index contributed by atoms with van der Waals surface area (Å²) in [5.74, 6) is 0.264. The van der Waals surface area contributed by atoms with Crippen molar-refractivity contribution in [2.24, 2.45) is 4.99 Å². The van der Waals surface area contributed by atoms with Crippen LogP contribution in [0.1, 0.15) is 24.0 Å². The third-order valence-electron chi connectivity index (χ3n) is 3.93. The summed E-state index contributed by atoms with van der Waals surface area (Å²) in [5, 5.41) is 9.26. The van der Waals surface area contributed by atoms with E-state index in [9.17, 15) is 5.11 Å². The SMILES string of the molecule is Cc1cc(N2CCCC2)ccc1C=Nc1ccc(O)cc1. The summed E-state index contributed by atoms with van der Waals surface area (Å²) < 4.78 is 0. The van der Waals surface area contributed by atoms with Crippen molar-refractivity contribution in [2.45, 2.75) is 19.8 Å². The van der Waals surface area contributed by atoms with E-state index in [4.69, 9.17) is 0 Å². The van der Waals surface area contributed by atoms with E-state index in [2.05, 4.69) is 35.0 Å². The topological polar surface area (TPSA) is 35.8 Å². The van der Waals surface area contributed by atoms with Crippen molar-refractivity contribution < 1.29 is 5.11 Å². The van der Waals surface area contributed by atoms with Crippen molar-refractivity contribution in [1.29, 1.82) is 0 Å². The average Bonchev–Trinajstić information content (AvgIpc) is 3.02. The lowest BCUT2D eigenvalue weighted by Crippen LogP contribution is -2.17. The molecule has 108 valence electrons. The molecule has 0 amide bonds. The minimum absolute atomic E-state index is 0.264. The van der Waals surface area contributed by atoms with Gasteiger partial charge in [-0.25, -0.2) is 0 Å². The summed E-state index contributed by atoms with van der Waals surface area (Å²) in [5.41, 5.74) is 4.52. The second kappa shape index (κ2) is 6.00. The van der Waals surface area contributed by atoms with Gasteiger partial charge in [0.2, 0.25) is 0 Å². The van der Waals surface area contributed by atoms with Crippen molar-refractivity contribution >= 4 is 17.6 Å². The predicted molar refractivity (Wildman–Crippen MR) is 88.0 cm³/mol. The van der Waals surface area contributed by atoms with Gasteiger partial charge in [0.15, 0.2) is 0 Å². The third kappa shape index (κ3) is 3.24. The Labute approximate surface area is 125 Å². The van der Waals surface area contributed by atoms with Crippen molar-refractivity contribution in [3.05, 3.63) is 53.6 Å². The molecule has 3 heteroatoms. The lowest BCUT2D eigenvalue weighted by molar-refractivity contribution is 0.475. The molecule has 1 saturated heterocycles. The standard InChI is InChI=1S/C18H20N2O/c1-14-12-17(20-10-2-3-11-20)7-4-15(14)13-19-16-5-8-18(21)9-6-16/h4-9,12-13,21H,2-3,10-11H2,1H3. The highest BCUT2D eigenvalue weighted by Gasteiger charge is 2.12. The zero-order valence-electron chi connectivity index (χ0n) is 12.3. The Morgan fingerprint density at radius 1 is 1.05 bits per heavy atom. The molecule has 1 aliphatic heterocycles. The van der Waals surface area contributed by atoms with Crippen LogP contribution in [-0.4, -0.2) is 24.4 Å². The monoisotopic (exact) mass is 280 g/mol. The number of aliphatic imine (C=N–C) groups is 1. The van der Waals surface area contributed by atoms with Crippen LogP contribution in [-0.2, 0) is 0 Å². The first kappa shape index (κ1) is 13.7. The Kier molecular flexibility index (Phi) is 3.91. The van der Waals surface area contributed by atoms with Gasteiger partial charge in [-0.05, 0) is 67.3 Å². The van der Waals surface area contributed by atoms with Gasteiger partial charge in [0.25, 0.3) is 0 Å². The molecular weight excluding hydrogens is 260 g/mol. The van der Waals surface area contributed by atoms with E-state index in [-0.39, 0.29) is 5.75 Å². The number of phenolic OH excluding ortho intramolecular Hbond substituents is 1. The van der Waals surface area contributed by atoms with Gasteiger partial charge in [-0.15, -0.1) is 0 Å². The molecule has 1 fully saturated rings. The fourth-order valence-electron chi connectivity index (χ4n) is 2.66. The van der Waals surface area contributed by atoms with Crippen LogP contribution in [0.15, 0.2) is 47.5 Å². The lowest BCUT2D eigenvalue weighted by Gasteiger charge is -2.18. The summed E-state index contributed by atoms with van der Waals surface area (Å²) in [6.07, 6.45) is 4.47. The highest BCUT2D eigenvalue weighted by Crippen LogP contribution is 2.23. The first-order valence-corrected chi connectivity index (χ1v) is 7.41. The average molecular weight is 280 g/mol. The van der Waals surface area contributed by atoms with Crippen LogP contribution in [0.5, 0.6) is 5.75 Å². The van der Waals surface area contributed by atoms with Gasteiger partial charge in [-0.3, -0.25) is 4.99 Å². The van der Waals surface area contributed by atoms with Crippen LogP contribution in [0.25, 0.3) is 0 Å². The Morgan fingerprint density at radius 2 is 1.76 bits per heavy atom. The molecule has 1 N–H and O–H groups in total. The summed E-state index contributed by atoms with van der Waals surface area (Å²) in [6, 6.07) is 13.5. The molecule has 1 heterocycles. The Morgan fingerprint density at radius 3 is 2.43 bits per heavy atom. The fraction of sp³-hybridized carbons (Fsp3) is 0.278. The van der Waals surface area contributed by atoms with Crippen molar-refractivity contribution in [3.8, 4) is 5.75 Å². The van der Waals surface area contributed by atoms with Gasteiger partial charge >= 0.3 is 0 Å². The zero-order chi connectivity index (χ0) is 14.7. The summed E-state index contributed by atoms with van der Waals surface area (Å²) in [7, 11) is 0. The maximum absolute atomic E-state index is 9.26. The molecule has 0 aliphatic carbocycles. The van der Waals surface area contributed by atoms with Crippen LogP contribution in [0.2, 0.25) is 0 Å². The zero-order valence-corrected chi connectivity index (χ0v) is 12.3. The van der Waals surface area contributed by atoms with Crippen molar-refractivity contribution in [1.82, 2.24) is 0 Å². The summed E-state index contributed by atoms with van der Waals surface area (Å²) in [4.78, 5) is 6.89. The number of aryl methyl sites for hydroxylation is 1.